The van der Waals surface area contributed by atoms with Crippen molar-refractivity contribution in [2.45, 2.75) is 13.8 Å². The summed E-state index contributed by atoms with van der Waals surface area (Å²) in [5, 5.41) is 8.68. The highest BCUT2D eigenvalue weighted by molar-refractivity contribution is 6.29. The summed E-state index contributed by atoms with van der Waals surface area (Å²) in [6.45, 7) is 11.8. The average Bonchev–Trinajstić information content (AvgIpc) is 2.55. The van der Waals surface area contributed by atoms with E-state index in [9.17, 15) is 0 Å². The van der Waals surface area contributed by atoms with E-state index in [0.29, 0.717) is 5.15 Å². The summed E-state index contributed by atoms with van der Waals surface area (Å²) in [5.74, 6) is 0. The molecule has 0 saturated heterocycles. The number of hydrogen-bond donors (Lipinski definition) is 0. The van der Waals surface area contributed by atoms with E-state index in [0.717, 1.165) is 33.5 Å². The Balaban J connectivity index is 2.76. The molecule has 0 unspecified atom stereocenters. The molecule has 0 amide bonds. The lowest BCUT2D eigenvalue weighted by Crippen LogP contribution is -2.00. The number of rotatable bonds is 5. The van der Waals surface area contributed by atoms with Gasteiger partial charge < -0.3 is 0 Å². The molecule has 0 saturated carbocycles. The third kappa shape index (κ3) is 3.82. The van der Waals surface area contributed by atoms with E-state index in [1.165, 1.54) is 0 Å². The first-order valence-corrected chi connectivity index (χ1v) is 7.53. The summed E-state index contributed by atoms with van der Waals surface area (Å²) in [6, 6.07) is 5.64. The quantitative estimate of drug-likeness (QED) is 0.702. The Bertz CT molecular complexity index is 786. The topological polar surface area (TPSA) is 38.7 Å². The van der Waals surface area contributed by atoms with Crippen LogP contribution < -0.4 is 0 Å². The van der Waals surface area contributed by atoms with E-state index in [2.05, 4.69) is 28.3 Å². The van der Waals surface area contributed by atoms with Crippen LogP contribution in [0.25, 0.3) is 16.7 Å². The lowest BCUT2D eigenvalue weighted by Gasteiger charge is -2.14. The van der Waals surface area contributed by atoms with Crippen LogP contribution in [0.2, 0.25) is 5.15 Å². The van der Waals surface area contributed by atoms with E-state index in [1.807, 2.05) is 44.2 Å². The molecule has 116 valence electrons. The van der Waals surface area contributed by atoms with Crippen molar-refractivity contribution in [1.29, 1.82) is 0 Å². The van der Waals surface area contributed by atoms with Crippen molar-refractivity contribution in [3.8, 4) is 11.1 Å². The van der Waals surface area contributed by atoms with E-state index in [1.54, 1.807) is 18.5 Å². The molecule has 4 heteroatoms. The number of halogens is 1. The summed E-state index contributed by atoms with van der Waals surface area (Å²) >= 11 is 6.06. The minimum atomic E-state index is 0.343. The molecule has 0 N–H and O–H groups in total. The van der Waals surface area contributed by atoms with Crippen LogP contribution in [0.1, 0.15) is 19.5 Å². The highest BCUT2D eigenvalue weighted by atomic mass is 35.5. The molecule has 2 rings (SSSR count). The highest BCUT2D eigenvalue weighted by Crippen LogP contribution is 2.33. The average molecular weight is 324 g/mol. The Labute approximate surface area is 141 Å². The van der Waals surface area contributed by atoms with Crippen LogP contribution >= 0.6 is 11.6 Å². The van der Waals surface area contributed by atoms with E-state index in [-0.39, 0.29) is 0 Å². The SMILES string of the molecule is C=C/C=C(\C(C=C)=C(C)C)c1nnc(Cl)cc1-c1ccncc1. The maximum atomic E-state index is 6.06. The van der Waals surface area contributed by atoms with Crippen molar-refractivity contribution >= 4 is 17.2 Å². The summed E-state index contributed by atoms with van der Waals surface area (Å²) in [5.41, 5.74) is 5.63. The number of allylic oxidation sites excluding steroid dienone is 6. The monoisotopic (exact) mass is 323 g/mol. The number of aromatic nitrogens is 3. The zero-order chi connectivity index (χ0) is 16.8. The molecule has 2 aromatic heterocycles. The highest BCUT2D eigenvalue weighted by Gasteiger charge is 2.15. The molecule has 0 aliphatic rings. The van der Waals surface area contributed by atoms with Gasteiger partial charge in [-0.1, -0.05) is 48.6 Å². The molecule has 0 aliphatic carbocycles. The van der Waals surface area contributed by atoms with Crippen LogP contribution in [0.15, 0.2) is 73.1 Å². The molecular formula is C19H18ClN3. The van der Waals surface area contributed by atoms with Gasteiger partial charge in [0.1, 0.15) is 5.69 Å². The number of hydrogen-bond acceptors (Lipinski definition) is 3. The third-order valence-corrected chi connectivity index (χ3v) is 3.51. The van der Waals surface area contributed by atoms with Crippen LogP contribution in [-0.4, -0.2) is 15.2 Å². The second kappa shape index (κ2) is 7.65. The second-order valence-corrected chi connectivity index (χ2v) is 5.49. The fourth-order valence-corrected chi connectivity index (χ4v) is 2.46. The van der Waals surface area contributed by atoms with Gasteiger partial charge in [-0.15, -0.1) is 10.2 Å². The Kier molecular flexibility index (Phi) is 5.61. The Morgan fingerprint density at radius 2 is 1.83 bits per heavy atom. The van der Waals surface area contributed by atoms with Crippen molar-refractivity contribution in [2.75, 3.05) is 0 Å². The first-order chi connectivity index (χ1) is 11.1. The molecule has 0 atom stereocenters. The smallest absolute Gasteiger partial charge is 0.152 e. The molecule has 0 radical (unpaired) electrons. The van der Waals surface area contributed by atoms with Crippen LogP contribution in [0.4, 0.5) is 0 Å². The largest absolute Gasteiger partial charge is 0.265 e. The maximum Gasteiger partial charge on any atom is 0.152 e. The van der Waals surface area contributed by atoms with E-state index >= 15 is 0 Å². The predicted octanol–water partition coefficient (Wildman–Crippen LogP) is 5.28. The van der Waals surface area contributed by atoms with Crippen molar-refractivity contribution < 1.29 is 0 Å². The second-order valence-electron chi connectivity index (χ2n) is 5.10. The molecule has 0 aliphatic heterocycles. The Morgan fingerprint density at radius 1 is 1.13 bits per heavy atom. The fourth-order valence-electron chi connectivity index (χ4n) is 2.32. The third-order valence-electron chi connectivity index (χ3n) is 3.33. The van der Waals surface area contributed by atoms with Crippen molar-refractivity contribution in [3.63, 3.8) is 0 Å². The van der Waals surface area contributed by atoms with Crippen molar-refractivity contribution in [3.05, 3.63) is 84.0 Å². The lowest BCUT2D eigenvalue weighted by molar-refractivity contribution is 1.01. The number of nitrogens with zero attached hydrogens (tertiary/aromatic N) is 3. The fraction of sp³-hybridized carbons (Fsp3) is 0.105. The Hall–Kier alpha value is -2.52. The first-order valence-electron chi connectivity index (χ1n) is 7.15. The van der Waals surface area contributed by atoms with Crippen LogP contribution in [0.3, 0.4) is 0 Å². The van der Waals surface area contributed by atoms with Gasteiger partial charge in [0.25, 0.3) is 0 Å². The van der Waals surface area contributed by atoms with Crippen LogP contribution in [0.5, 0.6) is 0 Å². The zero-order valence-corrected chi connectivity index (χ0v) is 14.0. The molecule has 2 heterocycles. The molecule has 23 heavy (non-hydrogen) atoms. The normalized spacial score (nSPS) is 11.0. The van der Waals surface area contributed by atoms with Gasteiger partial charge in [0, 0.05) is 23.5 Å². The minimum absolute atomic E-state index is 0.343. The standard InChI is InChI=1S/C19H18ClN3/c1-5-7-16(15(6-2)13(3)4)19-17(12-18(20)22-23-19)14-8-10-21-11-9-14/h5-12H,1-2H2,3-4H3/b16-7+. The lowest BCUT2D eigenvalue weighted by atomic mass is 9.93. The number of pyridine rings is 1. The van der Waals surface area contributed by atoms with Gasteiger partial charge in [-0.25, -0.2) is 0 Å². The molecule has 0 spiro atoms. The summed E-state index contributed by atoms with van der Waals surface area (Å²) in [6.07, 6.45) is 8.93. The van der Waals surface area contributed by atoms with Crippen LogP contribution in [0, 0.1) is 0 Å². The molecular weight excluding hydrogens is 306 g/mol. The van der Waals surface area contributed by atoms with E-state index in [4.69, 9.17) is 11.6 Å². The van der Waals surface area contributed by atoms with Gasteiger partial charge in [-0.3, -0.25) is 4.98 Å². The van der Waals surface area contributed by atoms with Gasteiger partial charge in [0.2, 0.25) is 0 Å². The summed E-state index contributed by atoms with van der Waals surface area (Å²) in [7, 11) is 0. The van der Waals surface area contributed by atoms with Gasteiger partial charge >= 0.3 is 0 Å². The maximum absolute atomic E-state index is 6.06. The predicted molar refractivity (Wildman–Crippen MR) is 97.0 cm³/mol. The first kappa shape index (κ1) is 16.8. The summed E-state index contributed by atoms with van der Waals surface area (Å²) in [4.78, 5) is 4.06. The molecule has 2 aromatic rings. The van der Waals surface area contributed by atoms with Gasteiger partial charge in [-0.05, 0) is 43.2 Å². The van der Waals surface area contributed by atoms with Gasteiger partial charge in [0.05, 0.1) is 0 Å². The zero-order valence-electron chi connectivity index (χ0n) is 13.3. The van der Waals surface area contributed by atoms with Crippen molar-refractivity contribution in [1.82, 2.24) is 15.2 Å². The Morgan fingerprint density at radius 3 is 2.39 bits per heavy atom. The molecule has 0 bridgehead atoms. The molecule has 3 nitrogen and oxygen atoms in total. The summed E-state index contributed by atoms with van der Waals surface area (Å²) < 4.78 is 0. The molecule has 0 fully saturated rings. The van der Waals surface area contributed by atoms with Gasteiger partial charge in [0.15, 0.2) is 5.15 Å². The van der Waals surface area contributed by atoms with E-state index < -0.39 is 0 Å². The molecule has 0 aromatic carbocycles. The van der Waals surface area contributed by atoms with Gasteiger partial charge in [-0.2, -0.15) is 0 Å². The van der Waals surface area contributed by atoms with Crippen molar-refractivity contribution in [2.24, 2.45) is 0 Å². The van der Waals surface area contributed by atoms with Crippen LogP contribution in [-0.2, 0) is 0 Å². The minimum Gasteiger partial charge on any atom is -0.265 e.